The van der Waals surface area contributed by atoms with Crippen LogP contribution in [0.15, 0.2) is 54.2 Å². The number of aromatic nitrogens is 2. The molecule has 2 heterocycles. The number of oxime groups is 1. The smallest absolute Gasteiger partial charge is 0.249 e. The zero-order chi connectivity index (χ0) is 15.1. The van der Waals surface area contributed by atoms with Gasteiger partial charge in [0, 0.05) is 18.2 Å². The maximum absolute atomic E-state index is 11.0. The van der Waals surface area contributed by atoms with E-state index < -0.39 is 5.91 Å². The number of pyridine rings is 2. The molecule has 0 aromatic carbocycles. The van der Waals surface area contributed by atoms with E-state index in [4.69, 9.17) is 10.9 Å². The van der Waals surface area contributed by atoms with Crippen LogP contribution in [0.4, 0.5) is 0 Å². The maximum atomic E-state index is 11.0. The van der Waals surface area contributed by atoms with Crippen molar-refractivity contribution in [1.29, 1.82) is 0 Å². The van der Waals surface area contributed by atoms with Crippen molar-refractivity contribution in [3.05, 3.63) is 60.2 Å². The van der Waals surface area contributed by atoms with Gasteiger partial charge in [-0.2, -0.15) is 0 Å². The Morgan fingerprint density at radius 1 is 1.13 bits per heavy atom. The molecule has 0 bridgehead atoms. The molecule has 2 aromatic rings. The summed E-state index contributed by atoms with van der Waals surface area (Å²) in [5, 5.41) is 11.5. The van der Waals surface area contributed by atoms with Crippen molar-refractivity contribution < 1.29 is 53.1 Å². The summed E-state index contributed by atoms with van der Waals surface area (Å²) < 4.78 is 4.04. The summed E-state index contributed by atoms with van der Waals surface area (Å²) in [4.78, 5) is 11.0. The van der Waals surface area contributed by atoms with E-state index in [0.717, 1.165) is 25.1 Å². The van der Waals surface area contributed by atoms with E-state index in [9.17, 15) is 4.79 Å². The van der Waals surface area contributed by atoms with E-state index in [2.05, 4.69) is 5.16 Å². The number of primary amides is 1. The zero-order valence-corrected chi connectivity index (χ0v) is 15.5. The predicted octanol–water partition coefficient (Wildman–Crippen LogP) is -5.73. The highest BCUT2D eigenvalue weighted by Gasteiger charge is 2.07. The molecule has 0 radical (unpaired) electrons. The first kappa shape index (κ1) is 21.2. The summed E-state index contributed by atoms with van der Waals surface area (Å²) in [6.45, 7) is 1.68. The molecule has 0 unspecified atom stereocenters. The molecule has 2 rings (SSSR count). The number of carbonyl (C=O) groups is 1. The highest BCUT2D eigenvalue weighted by Crippen LogP contribution is 1.94. The molecule has 1 amide bonds. The Hall–Kier alpha value is -1.80. The molecule has 3 N–H and O–H groups in total. The molecule has 0 aliphatic carbocycles. The van der Waals surface area contributed by atoms with Gasteiger partial charge in [0.15, 0.2) is 37.9 Å². The fourth-order valence-corrected chi connectivity index (χ4v) is 2.03. The number of carbonyl (C=O) groups excluding carboxylic acids is 1. The Kier molecular flexibility index (Phi) is 10.00. The summed E-state index contributed by atoms with van der Waals surface area (Å²) >= 11 is 0. The summed E-state index contributed by atoms with van der Waals surface area (Å²) in [6.07, 6.45) is 9.91. The average Bonchev–Trinajstić information content (AvgIpc) is 2.48. The number of nitrogens with zero attached hydrogens (tertiary/aromatic N) is 3. The standard InChI is InChI=1S/C15H16N4O2.2BrH/c16-15(20)14-4-9-18(10-5-14)7-2-8-19-6-1-3-13(12-19)11-17-21;;/h1,3-6,9-12H,2,7-8H2,(H-2,16,20,21);2*1H/b17-11+;;. The molecule has 0 fully saturated rings. The van der Waals surface area contributed by atoms with Crippen molar-refractivity contribution in [1.82, 2.24) is 0 Å². The summed E-state index contributed by atoms with van der Waals surface area (Å²) in [7, 11) is 0. The first-order chi connectivity index (χ1) is 10.2. The highest BCUT2D eigenvalue weighted by atomic mass is 79.9. The van der Waals surface area contributed by atoms with Crippen molar-refractivity contribution >= 4 is 12.1 Å². The minimum Gasteiger partial charge on any atom is -1.00 e. The van der Waals surface area contributed by atoms with E-state index in [1.54, 1.807) is 12.1 Å². The number of amides is 1. The van der Waals surface area contributed by atoms with Crippen LogP contribution in [-0.4, -0.2) is 17.3 Å². The second-order valence-corrected chi connectivity index (χ2v) is 4.66. The lowest BCUT2D eigenvalue weighted by atomic mass is 10.2. The lowest BCUT2D eigenvalue weighted by Crippen LogP contribution is -3.00. The van der Waals surface area contributed by atoms with Gasteiger partial charge in [-0.05, 0) is 6.07 Å². The van der Waals surface area contributed by atoms with Crippen LogP contribution in [0, 0.1) is 0 Å². The van der Waals surface area contributed by atoms with Gasteiger partial charge in [0.1, 0.15) is 0 Å². The van der Waals surface area contributed by atoms with Gasteiger partial charge in [-0.1, -0.05) is 5.16 Å². The molecule has 0 atom stereocenters. The lowest BCUT2D eigenvalue weighted by Gasteiger charge is -1.98. The molecule has 6 nitrogen and oxygen atoms in total. The van der Waals surface area contributed by atoms with Crippen LogP contribution in [0.25, 0.3) is 0 Å². The second kappa shape index (κ2) is 10.8. The molecule has 0 aliphatic heterocycles. The summed E-state index contributed by atoms with van der Waals surface area (Å²) in [5.74, 6) is -0.417. The van der Waals surface area contributed by atoms with Crippen LogP contribution in [0.5, 0.6) is 0 Å². The van der Waals surface area contributed by atoms with Gasteiger partial charge >= 0.3 is 0 Å². The molecule has 2 aromatic heterocycles. The number of rotatable bonds is 6. The minimum absolute atomic E-state index is 0. The van der Waals surface area contributed by atoms with E-state index in [0.29, 0.717) is 5.56 Å². The molecule has 23 heavy (non-hydrogen) atoms. The summed E-state index contributed by atoms with van der Waals surface area (Å²) in [6, 6.07) is 7.21. The van der Waals surface area contributed by atoms with E-state index >= 15 is 0 Å². The Morgan fingerprint density at radius 3 is 2.39 bits per heavy atom. The average molecular weight is 446 g/mol. The second-order valence-electron chi connectivity index (χ2n) is 4.66. The number of aryl methyl sites for hydroxylation is 2. The third-order valence-corrected chi connectivity index (χ3v) is 3.10. The van der Waals surface area contributed by atoms with Crippen molar-refractivity contribution in [3.8, 4) is 0 Å². The van der Waals surface area contributed by atoms with Crippen LogP contribution < -0.4 is 48.8 Å². The number of halogens is 2. The Bertz CT molecular complexity index is 648. The molecular weight excluding hydrogens is 428 g/mol. The van der Waals surface area contributed by atoms with Gasteiger partial charge < -0.3 is 44.9 Å². The molecular formula is C15H18Br2N4O2. The largest absolute Gasteiger partial charge is 1.00 e. The van der Waals surface area contributed by atoms with Gasteiger partial charge in [-0.15, -0.1) is 0 Å². The fourth-order valence-electron chi connectivity index (χ4n) is 2.03. The minimum atomic E-state index is -0.417. The topological polar surface area (TPSA) is 83.4 Å². The molecule has 0 aliphatic rings. The van der Waals surface area contributed by atoms with Crippen molar-refractivity contribution in [3.63, 3.8) is 0 Å². The summed E-state index contributed by atoms with van der Waals surface area (Å²) in [5.41, 5.74) is 6.56. The predicted molar refractivity (Wildman–Crippen MR) is 75.8 cm³/mol. The number of nitrogens with two attached hydrogens (primary N) is 1. The van der Waals surface area contributed by atoms with E-state index in [1.807, 2.05) is 46.1 Å². The Morgan fingerprint density at radius 2 is 1.78 bits per heavy atom. The van der Waals surface area contributed by atoms with Gasteiger partial charge in [-0.25, -0.2) is 9.13 Å². The first-order valence-corrected chi connectivity index (χ1v) is 6.64. The van der Waals surface area contributed by atoms with E-state index in [1.165, 1.54) is 6.21 Å². The van der Waals surface area contributed by atoms with Crippen molar-refractivity contribution in [2.24, 2.45) is 10.9 Å². The van der Waals surface area contributed by atoms with Crippen molar-refractivity contribution in [2.75, 3.05) is 0 Å². The van der Waals surface area contributed by atoms with Crippen molar-refractivity contribution in [2.45, 2.75) is 19.5 Å². The molecule has 0 saturated heterocycles. The van der Waals surface area contributed by atoms with Crippen LogP contribution in [0.3, 0.4) is 0 Å². The molecule has 0 saturated carbocycles. The zero-order valence-electron chi connectivity index (χ0n) is 12.3. The van der Waals surface area contributed by atoms with Gasteiger partial charge in [-0.3, -0.25) is 4.79 Å². The third kappa shape index (κ3) is 6.87. The van der Waals surface area contributed by atoms with Gasteiger partial charge in [0.2, 0.25) is 5.91 Å². The van der Waals surface area contributed by atoms with Gasteiger partial charge in [0.05, 0.1) is 23.8 Å². The van der Waals surface area contributed by atoms with Crippen LogP contribution in [0.2, 0.25) is 0 Å². The first-order valence-electron chi connectivity index (χ1n) is 6.64. The van der Waals surface area contributed by atoms with Crippen LogP contribution >= 0.6 is 0 Å². The number of hydrogen-bond acceptors (Lipinski definition) is 3. The van der Waals surface area contributed by atoms with Gasteiger partial charge in [0.25, 0.3) is 0 Å². The van der Waals surface area contributed by atoms with E-state index in [-0.39, 0.29) is 34.0 Å². The molecule has 124 valence electrons. The quantitative estimate of drug-likeness (QED) is 0.201. The Balaban J connectivity index is 0.00000242. The third-order valence-electron chi connectivity index (χ3n) is 3.10. The molecule has 8 heteroatoms. The maximum Gasteiger partial charge on any atom is 0.249 e. The normalized spacial score (nSPS) is 9.91. The highest BCUT2D eigenvalue weighted by molar-refractivity contribution is 5.92. The SMILES string of the molecule is NC(=O)c1cc[n+](CCC[n+]2cccc(/C=N/O)c2)cc1.[Br-].[Br-]. The fraction of sp³-hybridized carbons (Fsp3) is 0.200. The van der Waals surface area contributed by atoms with Crippen LogP contribution in [-0.2, 0) is 13.1 Å². The molecule has 0 spiro atoms. The van der Waals surface area contributed by atoms with Crippen LogP contribution in [0.1, 0.15) is 22.3 Å². The lowest BCUT2D eigenvalue weighted by molar-refractivity contribution is -0.726. The monoisotopic (exact) mass is 444 g/mol. The number of hydrogen-bond donors (Lipinski definition) is 2. The Labute approximate surface area is 155 Å².